The van der Waals surface area contributed by atoms with Crippen molar-refractivity contribution in [2.45, 2.75) is 37.4 Å². The van der Waals surface area contributed by atoms with Crippen LogP contribution in [0, 0.1) is 0 Å². The maximum absolute atomic E-state index is 13.2. The largest absolute Gasteiger partial charge is 0.327 e. The topological polar surface area (TPSA) is 43.9 Å². The Morgan fingerprint density at radius 1 is 1.16 bits per heavy atom. The lowest BCUT2D eigenvalue weighted by molar-refractivity contribution is -0.135. The Morgan fingerprint density at radius 2 is 1.88 bits per heavy atom. The number of amides is 3. The quantitative estimate of drug-likeness (QED) is 0.778. The fourth-order valence-corrected chi connectivity index (χ4v) is 5.62. The fraction of sp³-hybridized carbons (Fsp3) is 0.579. The van der Waals surface area contributed by atoms with Crippen molar-refractivity contribution >= 4 is 23.7 Å². The number of benzene rings is 1. The molecule has 3 amide bonds. The highest BCUT2D eigenvalue weighted by atomic mass is 32.2. The number of hydrogen-bond acceptors (Lipinski definition) is 4. The molecule has 3 aliphatic heterocycles. The fourth-order valence-electron chi connectivity index (χ4n) is 4.37. The second-order valence-electron chi connectivity index (χ2n) is 7.30. The summed E-state index contributed by atoms with van der Waals surface area (Å²) in [7, 11) is 1.80. The normalized spacial score (nSPS) is 26.8. The van der Waals surface area contributed by atoms with Gasteiger partial charge in [0.05, 0.1) is 6.54 Å². The van der Waals surface area contributed by atoms with Crippen molar-refractivity contribution in [3.63, 3.8) is 0 Å². The molecule has 1 atom stereocenters. The standard InChI is InChI=1S/C19H25N3O2S/c1-20-18(24)22(13-15-5-3-2-4-6-15)17(23)19(20)8-10-21(11-9-19)16-7-12-25-14-16/h2-6,16H,7-14H2,1H3/t16-/m1/s1. The monoisotopic (exact) mass is 359 g/mol. The van der Waals surface area contributed by atoms with Gasteiger partial charge in [-0.05, 0) is 30.6 Å². The van der Waals surface area contributed by atoms with Crippen molar-refractivity contribution in [3.05, 3.63) is 35.9 Å². The van der Waals surface area contributed by atoms with Crippen LogP contribution in [0.4, 0.5) is 4.79 Å². The Labute approximate surface area is 153 Å². The Morgan fingerprint density at radius 3 is 2.52 bits per heavy atom. The molecule has 4 rings (SSSR count). The summed E-state index contributed by atoms with van der Waals surface area (Å²) >= 11 is 2.02. The third-order valence-electron chi connectivity index (χ3n) is 6.03. The number of hydrogen-bond donors (Lipinski definition) is 0. The number of rotatable bonds is 3. The molecule has 1 aromatic carbocycles. The van der Waals surface area contributed by atoms with Crippen molar-refractivity contribution in [2.24, 2.45) is 0 Å². The molecule has 3 heterocycles. The second-order valence-corrected chi connectivity index (χ2v) is 8.45. The van der Waals surface area contributed by atoms with E-state index in [0.29, 0.717) is 12.6 Å². The number of carbonyl (C=O) groups is 2. The molecular weight excluding hydrogens is 334 g/mol. The van der Waals surface area contributed by atoms with E-state index in [2.05, 4.69) is 4.90 Å². The molecule has 25 heavy (non-hydrogen) atoms. The zero-order valence-electron chi connectivity index (χ0n) is 14.7. The van der Waals surface area contributed by atoms with E-state index in [-0.39, 0.29) is 11.9 Å². The van der Waals surface area contributed by atoms with Crippen molar-refractivity contribution < 1.29 is 9.59 Å². The number of carbonyl (C=O) groups excluding carboxylic acids is 2. The maximum atomic E-state index is 13.2. The van der Waals surface area contributed by atoms with Crippen molar-refractivity contribution in [1.29, 1.82) is 0 Å². The Kier molecular flexibility index (Phi) is 4.50. The van der Waals surface area contributed by atoms with Crippen molar-refractivity contribution in [1.82, 2.24) is 14.7 Å². The van der Waals surface area contributed by atoms with Crippen LogP contribution >= 0.6 is 11.8 Å². The van der Waals surface area contributed by atoms with Gasteiger partial charge in [-0.1, -0.05) is 30.3 Å². The Hall–Kier alpha value is -1.53. The molecule has 5 nitrogen and oxygen atoms in total. The van der Waals surface area contributed by atoms with E-state index < -0.39 is 5.54 Å². The Balaban J connectivity index is 1.49. The van der Waals surface area contributed by atoms with Crippen LogP contribution in [0.3, 0.4) is 0 Å². The van der Waals surface area contributed by atoms with E-state index in [1.54, 1.807) is 11.9 Å². The van der Waals surface area contributed by atoms with Crippen LogP contribution in [0.1, 0.15) is 24.8 Å². The van der Waals surface area contributed by atoms with E-state index in [1.807, 2.05) is 42.1 Å². The minimum atomic E-state index is -0.631. The molecule has 3 saturated heterocycles. The highest BCUT2D eigenvalue weighted by Gasteiger charge is 2.56. The van der Waals surface area contributed by atoms with Crippen LogP contribution in [-0.4, -0.2) is 69.9 Å². The smallest absolute Gasteiger partial charge is 0.312 e. The minimum absolute atomic E-state index is 0.00991. The van der Waals surface area contributed by atoms with E-state index in [4.69, 9.17) is 0 Å². The molecule has 1 aromatic rings. The number of likely N-dealkylation sites (tertiary alicyclic amines) is 1. The summed E-state index contributed by atoms with van der Waals surface area (Å²) in [5.74, 6) is 2.44. The first-order valence-electron chi connectivity index (χ1n) is 9.07. The number of nitrogens with zero attached hydrogens (tertiary/aromatic N) is 3. The van der Waals surface area contributed by atoms with E-state index in [9.17, 15) is 9.59 Å². The third kappa shape index (κ3) is 2.85. The van der Waals surface area contributed by atoms with Crippen LogP contribution in [0.5, 0.6) is 0 Å². The molecule has 0 N–H and O–H groups in total. The van der Waals surface area contributed by atoms with Crippen LogP contribution in [0.15, 0.2) is 30.3 Å². The average Bonchev–Trinajstić information content (AvgIpc) is 3.24. The molecular formula is C19H25N3O2S. The summed E-state index contributed by atoms with van der Waals surface area (Å²) in [5.41, 5.74) is 0.365. The predicted molar refractivity (Wildman–Crippen MR) is 99.4 cm³/mol. The van der Waals surface area contributed by atoms with Gasteiger partial charge in [0.2, 0.25) is 0 Å². The molecule has 0 aromatic heterocycles. The minimum Gasteiger partial charge on any atom is -0.312 e. The zero-order chi connectivity index (χ0) is 17.4. The van der Waals surface area contributed by atoms with Crippen molar-refractivity contribution in [2.75, 3.05) is 31.6 Å². The first-order chi connectivity index (χ1) is 12.1. The van der Waals surface area contributed by atoms with Gasteiger partial charge in [-0.15, -0.1) is 0 Å². The Bertz CT molecular complexity index is 652. The third-order valence-corrected chi connectivity index (χ3v) is 7.18. The van der Waals surface area contributed by atoms with Gasteiger partial charge in [0.15, 0.2) is 0 Å². The zero-order valence-corrected chi connectivity index (χ0v) is 15.5. The van der Waals surface area contributed by atoms with Gasteiger partial charge in [0, 0.05) is 31.9 Å². The van der Waals surface area contributed by atoms with Gasteiger partial charge in [0.25, 0.3) is 5.91 Å². The SMILES string of the molecule is CN1C(=O)N(Cc2ccccc2)C(=O)C12CCN([C@@H]1CCSC1)CC2. The molecule has 0 bridgehead atoms. The summed E-state index contributed by atoms with van der Waals surface area (Å²) in [6.07, 6.45) is 2.75. The lowest BCUT2D eigenvalue weighted by Crippen LogP contribution is -2.57. The van der Waals surface area contributed by atoms with Crippen LogP contribution in [-0.2, 0) is 11.3 Å². The van der Waals surface area contributed by atoms with Gasteiger partial charge in [-0.2, -0.15) is 11.8 Å². The molecule has 6 heteroatoms. The first kappa shape index (κ1) is 16.9. The molecule has 3 aliphatic rings. The van der Waals surface area contributed by atoms with Crippen molar-refractivity contribution in [3.8, 4) is 0 Å². The maximum Gasteiger partial charge on any atom is 0.327 e. The highest BCUT2D eigenvalue weighted by molar-refractivity contribution is 7.99. The molecule has 1 spiro atoms. The molecule has 134 valence electrons. The lowest BCUT2D eigenvalue weighted by Gasteiger charge is -2.42. The van der Waals surface area contributed by atoms with Crippen LogP contribution in [0.2, 0.25) is 0 Å². The molecule has 0 saturated carbocycles. The lowest BCUT2D eigenvalue weighted by atomic mass is 9.85. The number of imide groups is 1. The van der Waals surface area contributed by atoms with E-state index >= 15 is 0 Å². The van der Waals surface area contributed by atoms with Gasteiger partial charge < -0.3 is 4.90 Å². The summed E-state index contributed by atoms with van der Waals surface area (Å²) in [6.45, 7) is 2.19. The highest BCUT2D eigenvalue weighted by Crippen LogP contribution is 2.38. The number of urea groups is 1. The van der Waals surface area contributed by atoms with Gasteiger partial charge in [0.1, 0.15) is 5.54 Å². The molecule has 0 unspecified atom stereocenters. The van der Waals surface area contributed by atoms with Gasteiger partial charge in [-0.25, -0.2) is 4.79 Å². The van der Waals surface area contributed by atoms with E-state index in [1.165, 1.54) is 22.8 Å². The summed E-state index contributed by atoms with van der Waals surface area (Å²) in [4.78, 5) is 31.6. The summed E-state index contributed by atoms with van der Waals surface area (Å²) < 4.78 is 0. The molecule has 3 fully saturated rings. The second kappa shape index (κ2) is 6.65. The number of thioether (sulfide) groups is 1. The average molecular weight is 359 g/mol. The van der Waals surface area contributed by atoms with Crippen LogP contribution in [0.25, 0.3) is 0 Å². The number of piperidine rings is 1. The first-order valence-corrected chi connectivity index (χ1v) is 10.2. The molecule has 0 aliphatic carbocycles. The number of likely N-dealkylation sites (N-methyl/N-ethyl adjacent to an activating group) is 1. The van der Waals surface area contributed by atoms with Gasteiger partial charge >= 0.3 is 6.03 Å². The summed E-state index contributed by atoms with van der Waals surface area (Å²) in [6, 6.07) is 10.3. The van der Waals surface area contributed by atoms with Crippen LogP contribution < -0.4 is 0 Å². The van der Waals surface area contributed by atoms with Gasteiger partial charge in [-0.3, -0.25) is 14.6 Å². The molecule has 0 radical (unpaired) electrons. The summed E-state index contributed by atoms with van der Waals surface area (Å²) in [5, 5.41) is 0. The predicted octanol–water partition coefficient (Wildman–Crippen LogP) is 2.42. The van der Waals surface area contributed by atoms with E-state index in [0.717, 1.165) is 31.5 Å².